The number of rotatable bonds is 4. The van der Waals surface area contributed by atoms with Crippen LogP contribution in [0.2, 0.25) is 0 Å². The molecule has 0 radical (unpaired) electrons. The van der Waals surface area contributed by atoms with Crippen molar-refractivity contribution in [2.75, 3.05) is 57.8 Å². The van der Waals surface area contributed by atoms with Gasteiger partial charge in [0.05, 0.1) is 11.9 Å². The van der Waals surface area contributed by atoms with Gasteiger partial charge in [0.15, 0.2) is 0 Å². The Morgan fingerprint density at radius 1 is 1.10 bits per heavy atom. The summed E-state index contributed by atoms with van der Waals surface area (Å²) in [5, 5.41) is 3.82. The highest BCUT2D eigenvalue weighted by Crippen LogP contribution is 2.35. The molecule has 8 nitrogen and oxygen atoms in total. The molecular weight excluding hydrogens is 400 g/mol. The number of aryl methyl sites for hydroxylation is 2. The Labute approximate surface area is 181 Å². The lowest BCUT2D eigenvalue weighted by Crippen LogP contribution is -2.53. The summed E-state index contributed by atoms with van der Waals surface area (Å²) in [7, 11) is 1.65. The highest BCUT2D eigenvalue weighted by atomic mass is 32.1. The Morgan fingerprint density at radius 3 is 2.47 bits per heavy atom. The topological polar surface area (TPSA) is 81.7 Å². The molecule has 0 unspecified atom stereocenters. The molecule has 4 heterocycles. The van der Waals surface area contributed by atoms with Crippen molar-refractivity contribution in [3.05, 3.63) is 16.8 Å². The van der Waals surface area contributed by atoms with Crippen LogP contribution in [0.3, 0.4) is 0 Å². The Bertz CT molecular complexity index is 929. The molecule has 0 aromatic carbocycles. The molecule has 0 bridgehead atoms. The van der Waals surface area contributed by atoms with Crippen LogP contribution in [-0.2, 0) is 9.59 Å². The second kappa shape index (κ2) is 8.85. The van der Waals surface area contributed by atoms with Crippen molar-refractivity contribution < 1.29 is 9.59 Å². The van der Waals surface area contributed by atoms with Crippen LogP contribution in [0.25, 0.3) is 10.2 Å². The van der Waals surface area contributed by atoms with Crippen LogP contribution in [0.15, 0.2) is 6.33 Å². The number of anilines is 1. The fraction of sp³-hybridized carbons (Fsp3) is 0.619. The first-order chi connectivity index (χ1) is 14.5. The number of fused-ring (bicyclic) bond motifs is 1. The zero-order valence-electron chi connectivity index (χ0n) is 18.0. The number of piperidine rings is 1. The van der Waals surface area contributed by atoms with Crippen LogP contribution in [-0.4, -0.2) is 84.4 Å². The largest absolute Gasteiger partial charge is 0.358 e. The summed E-state index contributed by atoms with van der Waals surface area (Å²) in [6.07, 6.45) is 3.36. The van der Waals surface area contributed by atoms with E-state index in [0.717, 1.165) is 55.1 Å². The van der Waals surface area contributed by atoms with Gasteiger partial charge in [-0.05, 0) is 32.3 Å². The first kappa shape index (κ1) is 21.0. The van der Waals surface area contributed by atoms with Crippen molar-refractivity contribution in [2.24, 2.45) is 5.92 Å². The lowest BCUT2D eigenvalue weighted by molar-refractivity contribution is -0.138. The van der Waals surface area contributed by atoms with Gasteiger partial charge in [0.2, 0.25) is 11.8 Å². The van der Waals surface area contributed by atoms with E-state index in [1.165, 1.54) is 10.4 Å². The fourth-order valence-electron chi connectivity index (χ4n) is 4.41. The summed E-state index contributed by atoms with van der Waals surface area (Å²) < 4.78 is 0. The normalized spacial score (nSPS) is 18.8. The minimum atomic E-state index is 0.0250. The molecule has 2 aromatic heterocycles. The number of amides is 2. The molecular formula is C21H30N6O2S. The van der Waals surface area contributed by atoms with Gasteiger partial charge in [0, 0.05) is 57.1 Å². The summed E-state index contributed by atoms with van der Waals surface area (Å²) in [4.78, 5) is 42.4. The van der Waals surface area contributed by atoms with Crippen molar-refractivity contribution >= 4 is 39.2 Å². The van der Waals surface area contributed by atoms with E-state index in [2.05, 4.69) is 38.9 Å². The summed E-state index contributed by atoms with van der Waals surface area (Å²) in [6, 6.07) is 0. The first-order valence-electron chi connectivity index (χ1n) is 10.6. The van der Waals surface area contributed by atoms with E-state index < -0.39 is 0 Å². The minimum absolute atomic E-state index is 0.0250. The molecule has 1 N–H and O–H groups in total. The second-order valence-corrected chi connectivity index (χ2v) is 9.40. The minimum Gasteiger partial charge on any atom is -0.358 e. The molecule has 4 rings (SSSR count). The number of carbonyl (C=O) groups excluding carboxylic acids is 2. The number of piperazine rings is 1. The van der Waals surface area contributed by atoms with E-state index in [1.54, 1.807) is 24.7 Å². The lowest BCUT2D eigenvalue weighted by atomic mass is 9.94. The summed E-state index contributed by atoms with van der Waals surface area (Å²) in [5.41, 5.74) is 1.26. The number of hydrogen-bond donors (Lipinski definition) is 1. The SMILES string of the molecule is CNC(=O)CN1CCN(C(=O)C2CCN(c3ncnc4sc(C)c(C)c34)CC2)CC1. The molecule has 2 fully saturated rings. The molecule has 9 heteroatoms. The summed E-state index contributed by atoms with van der Waals surface area (Å²) in [6.45, 7) is 9.28. The van der Waals surface area contributed by atoms with E-state index >= 15 is 0 Å². The average Bonchev–Trinajstić information content (AvgIpc) is 3.07. The highest BCUT2D eigenvalue weighted by molar-refractivity contribution is 7.18. The van der Waals surface area contributed by atoms with Crippen molar-refractivity contribution in [3.63, 3.8) is 0 Å². The Balaban J connectivity index is 1.34. The first-order valence-corrected chi connectivity index (χ1v) is 11.5. The van der Waals surface area contributed by atoms with Crippen molar-refractivity contribution in [1.29, 1.82) is 0 Å². The van der Waals surface area contributed by atoms with Crippen molar-refractivity contribution in [2.45, 2.75) is 26.7 Å². The smallest absolute Gasteiger partial charge is 0.233 e. The molecule has 0 spiro atoms. The molecule has 0 aliphatic carbocycles. The van der Waals surface area contributed by atoms with E-state index in [9.17, 15) is 9.59 Å². The third-order valence-corrected chi connectivity index (χ3v) is 7.53. The maximum absolute atomic E-state index is 13.0. The summed E-state index contributed by atoms with van der Waals surface area (Å²) in [5.74, 6) is 1.38. The Morgan fingerprint density at radius 2 is 1.80 bits per heavy atom. The van der Waals surface area contributed by atoms with Gasteiger partial charge in [-0.15, -0.1) is 11.3 Å². The Hall–Kier alpha value is -2.26. The Kier molecular flexibility index (Phi) is 6.19. The molecule has 0 atom stereocenters. The third kappa shape index (κ3) is 4.13. The van der Waals surface area contributed by atoms with Gasteiger partial charge < -0.3 is 15.1 Å². The van der Waals surface area contributed by atoms with Crippen LogP contribution < -0.4 is 10.2 Å². The maximum atomic E-state index is 13.0. The van der Waals surface area contributed by atoms with Gasteiger partial charge >= 0.3 is 0 Å². The number of nitrogens with zero attached hydrogens (tertiary/aromatic N) is 5. The van der Waals surface area contributed by atoms with Gasteiger partial charge in [0.1, 0.15) is 17.0 Å². The zero-order chi connectivity index (χ0) is 21.3. The van der Waals surface area contributed by atoms with Crippen LogP contribution in [0.1, 0.15) is 23.3 Å². The van der Waals surface area contributed by atoms with Gasteiger partial charge in [-0.3, -0.25) is 14.5 Å². The van der Waals surface area contributed by atoms with Gasteiger partial charge in [-0.2, -0.15) is 0 Å². The molecule has 2 amide bonds. The number of carbonyl (C=O) groups is 2. The number of nitrogens with one attached hydrogen (secondary N) is 1. The highest BCUT2D eigenvalue weighted by Gasteiger charge is 2.31. The van der Waals surface area contributed by atoms with E-state index in [-0.39, 0.29) is 17.7 Å². The number of likely N-dealkylation sites (N-methyl/N-ethyl adjacent to an activating group) is 1. The van der Waals surface area contributed by atoms with Crippen molar-refractivity contribution in [3.8, 4) is 0 Å². The van der Waals surface area contributed by atoms with Crippen LogP contribution in [0.4, 0.5) is 5.82 Å². The van der Waals surface area contributed by atoms with Gasteiger partial charge in [0.25, 0.3) is 0 Å². The van der Waals surface area contributed by atoms with Crippen LogP contribution in [0.5, 0.6) is 0 Å². The third-order valence-electron chi connectivity index (χ3n) is 6.42. The van der Waals surface area contributed by atoms with Crippen LogP contribution in [0, 0.1) is 19.8 Å². The van der Waals surface area contributed by atoms with Gasteiger partial charge in [-0.25, -0.2) is 9.97 Å². The van der Waals surface area contributed by atoms with Crippen LogP contribution >= 0.6 is 11.3 Å². The predicted molar refractivity (Wildman–Crippen MR) is 119 cm³/mol. The summed E-state index contributed by atoms with van der Waals surface area (Å²) >= 11 is 1.72. The number of aromatic nitrogens is 2. The fourth-order valence-corrected chi connectivity index (χ4v) is 5.40. The molecule has 2 aliphatic rings. The van der Waals surface area contributed by atoms with E-state index in [1.807, 2.05) is 4.90 Å². The lowest BCUT2D eigenvalue weighted by Gasteiger charge is -2.38. The molecule has 2 aliphatic heterocycles. The van der Waals surface area contributed by atoms with Gasteiger partial charge in [-0.1, -0.05) is 0 Å². The monoisotopic (exact) mass is 430 g/mol. The zero-order valence-corrected chi connectivity index (χ0v) is 18.8. The number of hydrogen-bond acceptors (Lipinski definition) is 7. The molecule has 30 heavy (non-hydrogen) atoms. The predicted octanol–water partition coefficient (Wildman–Crippen LogP) is 1.41. The molecule has 2 saturated heterocycles. The van der Waals surface area contributed by atoms with E-state index in [0.29, 0.717) is 19.6 Å². The molecule has 0 saturated carbocycles. The van der Waals surface area contributed by atoms with E-state index in [4.69, 9.17) is 0 Å². The molecule has 2 aromatic rings. The quantitative estimate of drug-likeness (QED) is 0.790. The van der Waals surface area contributed by atoms with Crippen molar-refractivity contribution in [1.82, 2.24) is 25.1 Å². The number of thiophene rings is 1. The second-order valence-electron chi connectivity index (χ2n) is 8.20. The maximum Gasteiger partial charge on any atom is 0.233 e. The average molecular weight is 431 g/mol. The standard InChI is InChI=1S/C21H30N6O2S/c1-14-15(2)30-20-18(14)19(23-13-24-20)26-6-4-16(5-7-26)21(29)27-10-8-25(9-11-27)12-17(28)22-3/h13,16H,4-12H2,1-3H3,(H,22,28). The molecule has 162 valence electrons.